The highest BCUT2D eigenvalue weighted by molar-refractivity contribution is 6.43. The summed E-state index contributed by atoms with van der Waals surface area (Å²) in [5.41, 5.74) is 9.61. The number of rotatable bonds is 3. The van der Waals surface area contributed by atoms with Gasteiger partial charge in [-0.3, -0.25) is 0 Å². The molecule has 5 rings (SSSR count). The summed E-state index contributed by atoms with van der Waals surface area (Å²) in [4.78, 5) is 11.7. The highest BCUT2D eigenvalue weighted by Gasteiger charge is 2.47. The van der Waals surface area contributed by atoms with Crippen molar-refractivity contribution < 1.29 is 9.84 Å². The summed E-state index contributed by atoms with van der Waals surface area (Å²) < 4.78 is 7.44. The number of aliphatic hydroxyl groups excluding tert-OH is 1. The highest BCUT2D eigenvalue weighted by Crippen LogP contribution is 2.42. The summed E-state index contributed by atoms with van der Waals surface area (Å²) in [7, 11) is 0. The number of nitrogens with zero attached hydrogens (tertiary/aromatic N) is 5. The fraction of sp³-hybridized carbons (Fsp3) is 0.500. The summed E-state index contributed by atoms with van der Waals surface area (Å²) in [5.74, 6) is 0.683. The van der Waals surface area contributed by atoms with E-state index in [-0.39, 0.29) is 24.2 Å². The van der Waals surface area contributed by atoms with Crippen LogP contribution in [0.5, 0.6) is 0 Å². The quantitative estimate of drug-likeness (QED) is 0.597. The SMILES string of the molecule is Cc1ccc(-n2ncc3nc(N4CCC5(CC4)CO[C@@H](C)[C@H]5N)c(CO)nc32)c(Cl)c1Cl. The molecular weight excluding hydrogens is 451 g/mol. The molecule has 170 valence electrons. The Balaban J connectivity index is 1.48. The van der Waals surface area contributed by atoms with Crippen LogP contribution in [0.1, 0.15) is 31.0 Å². The van der Waals surface area contributed by atoms with E-state index in [0.29, 0.717) is 45.0 Å². The third kappa shape index (κ3) is 3.36. The summed E-state index contributed by atoms with van der Waals surface area (Å²) in [6.07, 6.45) is 3.57. The number of aromatic nitrogens is 4. The van der Waals surface area contributed by atoms with E-state index in [1.165, 1.54) is 0 Å². The Morgan fingerprint density at radius 2 is 1.97 bits per heavy atom. The predicted octanol–water partition coefficient (Wildman–Crippen LogP) is 3.26. The number of ether oxygens (including phenoxy) is 1. The van der Waals surface area contributed by atoms with Gasteiger partial charge in [0, 0.05) is 24.5 Å². The average molecular weight is 477 g/mol. The van der Waals surface area contributed by atoms with Gasteiger partial charge in [0.2, 0.25) is 0 Å². The number of anilines is 1. The molecule has 0 amide bonds. The molecule has 32 heavy (non-hydrogen) atoms. The second-order valence-corrected chi connectivity index (χ2v) is 9.59. The van der Waals surface area contributed by atoms with Crippen LogP contribution in [0.15, 0.2) is 18.3 Å². The fourth-order valence-corrected chi connectivity index (χ4v) is 5.30. The summed E-state index contributed by atoms with van der Waals surface area (Å²) in [6.45, 7) is 5.97. The second-order valence-electron chi connectivity index (χ2n) is 8.84. The first-order valence-corrected chi connectivity index (χ1v) is 11.5. The van der Waals surface area contributed by atoms with E-state index in [9.17, 15) is 5.11 Å². The number of hydrogen-bond acceptors (Lipinski definition) is 7. The van der Waals surface area contributed by atoms with Crippen LogP contribution >= 0.6 is 23.2 Å². The molecule has 10 heteroatoms. The van der Waals surface area contributed by atoms with E-state index >= 15 is 0 Å². The fourth-order valence-electron chi connectivity index (χ4n) is 4.84. The van der Waals surface area contributed by atoms with Crippen molar-refractivity contribution in [2.45, 2.75) is 45.4 Å². The van der Waals surface area contributed by atoms with Crippen molar-refractivity contribution in [1.82, 2.24) is 19.7 Å². The number of benzene rings is 1. The molecule has 2 saturated heterocycles. The van der Waals surface area contributed by atoms with Crippen LogP contribution in [0, 0.1) is 12.3 Å². The molecule has 0 bridgehead atoms. The Kier molecular flexibility index (Phi) is 5.54. The van der Waals surface area contributed by atoms with Crippen LogP contribution in [0.2, 0.25) is 10.0 Å². The predicted molar refractivity (Wildman–Crippen MR) is 125 cm³/mol. The Morgan fingerprint density at radius 3 is 2.62 bits per heavy atom. The molecule has 2 aliphatic rings. The maximum Gasteiger partial charge on any atom is 0.182 e. The smallest absolute Gasteiger partial charge is 0.182 e. The van der Waals surface area contributed by atoms with E-state index in [2.05, 4.69) is 10.00 Å². The minimum atomic E-state index is -0.229. The van der Waals surface area contributed by atoms with Crippen molar-refractivity contribution in [3.63, 3.8) is 0 Å². The van der Waals surface area contributed by atoms with Crippen molar-refractivity contribution in [3.05, 3.63) is 39.6 Å². The maximum absolute atomic E-state index is 10.1. The van der Waals surface area contributed by atoms with Gasteiger partial charge in [0.15, 0.2) is 11.5 Å². The molecule has 0 unspecified atom stereocenters. The molecule has 1 spiro atoms. The van der Waals surface area contributed by atoms with Gasteiger partial charge in [0.25, 0.3) is 0 Å². The first-order valence-electron chi connectivity index (χ1n) is 10.8. The molecular formula is C22H26Cl2N6O2. The number of halogens is 2. The van der Waals surface area contributed by atoms with Crippen molar-refractivity contribution in [2.24, 2.45) is 11.1 Å². The van der Waals surface area contributed by atoms with Gasteiger partial charge in [0.05, 0.1) is 41.2 Å². The van der Waals surface area contributed by atoms with E-state index in [4.69, 9.17) is 43.6 Å². The van der Waals surface area contributed by atoms with Gasteiger partial charge in [-0.15, -0.1) is 0 Å². The van der Waals surface area contributed by atoms with E-state index in [1.807, 2.05) is 26.0 Å². The van der Waals surface area contributed by atoms with Crippen molar-refractivity contribution in [1.29, 1.82) is 0 Å². The number of aryl methyl sites for hydroxylation is 1. The number of nitrogens with two attached hydrogens (primary N) is 1. The lowest BCUT2D eigenvalue weighted by Crippen LogP contribution is -2.51. The third-order valence-corrected chi connectivity index (χ3v) is 7.96. The standard InChI is InChI=1S/C22H26Cl2N6O2/c1-12-3-4-16(18(24)17(12)23)30-21-14(9-26-30)27-20(15(10-31)28-21)29-7-5-22(6-8-29)11-32-13(2)19(22)25/h3-4,9,13,19,31H,5-8,10-11,25H2,1-2H3/t13-,19+/m0/s1. The molecule has 8 nitrogen and oxygen atoms in total. The van der Waals surface area contributed by atoms with Crippen LogP contribution in [0.3, 0.4) is 0 Å². The molecule has 0 saturated carbocycles. The summed E-state index contributed by atoms with van der Waals surface area (Å²) in [6, 6.07) is 3.77. The minimum absolute atomic E-state index is 0.0131. The molecule has 4 heterocycles. The monoisotopic (exact) mass is 476 g/mol. The maximum atomic E-state index is 10.1. The van der Waals surface area contributed by atoms with Gasteiger partial charge in [0.1, 0.15) is 11.2 Å². The number of aliphatic hydroxyl groups is 1. The normalized spacial score (nSPS) is 22.9. The van der Waals surface area contributed by atoms with Crippen LogP contribution < -0.4 is 10.6 Å². The van der Waals surface area contributed by atoms with Crippen LogP contribution in [0.4, 0.5) is 5.82 Å². The first-order chi connectivity index (χ1) is 15.3. The lowest BCUT2D eigenvalue weighted by Gasteiger charge is -2.41. The highest BCUT2D eigenvalue weighted by atomic mass is 35.5. The summed E-state index contributed by atoms with van der Waals surface area (Å²) >= 11 is 12.8. The second kappa shape index (κ2) is 8.11. The molecule has 2 fully saturated rings. The van der Waals surface area contributed by atoms with Crippen molar-refractivity contribution >= 4 is 40.2 Å². The van der Waals surface area contributed by atoms with Crippen LogP contribution in [0.25, 0.3) is 16.9 Å². The molecule has 3 N–H and O–H groups in total. The molecule has 0 radical (unpaired) electrons. The van der Waals surface area contributed by atoms with Gasteiger partial charge < -0.3 is 20.5 Å². The molecule has 0 aliphatic carbocycles. The zero-order valence-electron chi connectivity index (χ0n) is 18.1. The van der Waals surface area contributed by atoms with Gasteiger partial charge in [-0.05, 0) is 38.3 Å². The first kappa shape index (κ1) is 21.9. The number of hydrogen-bond donors (Lipinski definition) is 2. The largest absolute Gasteiger partial charge is 0.390 e. The van der Waals surface area contributed by atoms with Crippen LogP contribution in [-0.4, -0.2) is 56.7 Å². The lowest BCUT2D eigenvalue weighted by atomic mass is 9.73. The molecule has 2 aliphatic heterocycles. The summed E-state index contributed by atoms with van der Waals surface area (Å²) in [5, 5.41) is 15.4. The Labute approximate surface area is 196 Å². The number of fused-ring (bicyclic) bond motifs is 1. The molecule has 2 aromatic heterocycles. The average Bonchev–Trinajstić information content (AvgIpc) is 3.33. The van der Waals surface area contributed by atoms with Crippen molar-refractivity contribution in [2.75, 3.05) is 24.6 Å². The molecule has 2 atom stereocenters. The Morgan fingerprint density at radius 1 is 1.22 bits per heavy atom. The number of piperidine rings is 1. The third-order valence-electron chi connectivity index (χ3n) is 6.99. The van der Waals surface area contributed by atoms with Crippen LogP contribution in [-0.2, 0) is 11.3 Å². The minimum Gasteiger partial charge on any atom is -0.390 e. The van der Waals surface area contributed by atoms with Crippen molar-refractivity contribution in [3.8, 4) is 5.69 Å². The topological polar surface area (TPSA) is 102 Å². The van der Waals surface area contributed by atoms with E-state index < -0.39 is 0 Å². The zero-order valence-corrected chi connectivity index (χ0v) is 19.6. The Hall–Kier alpha value is -1.97. The Bertz CT molecular complexity index is 1170. The molecule has 1 aromatic carbocycles. The lowest BCUT2D eigenvalue weighted by molar-refractivity contribution is 0.0973. The van der Waals surface area contributed by atoms with Gasteiger partial charge >= 0.3 is 0 Å². The van der Waals surface area contributed by atoms with Gasteiger partial charge in [-0.2, -0.15) is 5.10 Å². The van der Waals surface area contributed by atoms with E-state index in [1.54, 1.807) is 10.9 Å². The zero-order chi connectivity index (χ0) is 22.6. The van der Waals surface area contributed by atoms with Gasteiger partial charge in [-0.25, -0.2) is 14.6 Å². The molecule has 3 aromatic rings. The van der Waals surface area contributed by atoms with Gasteiger partial charge in [-0.1, -0.05) is 29.3 Å². The van der Waals surface area contributed by atoms with E-state index in [0.717, 1.165) is 31.5 Å².